The Morgan fingerprint density at radius 2 is 1.14 bits per heavy atom. The molecular formula is C41H33N. The Hall–Kier alpha value is -4.88. The van der Waals surface area contributed by atoms with E-state index in [1.807, 2.05) is 30.3 Å². The first-order valence-electron chi connectivity index (χ1n) is 17.0. The summed E-state index contributed by atoms with van der Waals surface area (Å²) in [5.41, 5.74) is 10.9. The van der Waals surface area contributed by atoms with Crippen molar-refractivity contribution in [3.8, 4) is 27.9 Å². The molecule has 1 heterocycles. The third-order valence-electron chi connectivity index (χ3n) is 8.67. The standard InChI is InChI=1S/C41H33N/c1-41(2,3)40-34(37-32-21-12-10-19-30(32)31-20-11-13-22-33(31)37)25-26-36-39(40)38-29(27-15-6-4-7-16-27)23-14-24-35(38)42(36)28-17-8-5-9-18-28/h4-26,37H,1-3H3/i4D,6D,7D,15D,16D. The highest BCUT2D eigenvalue weighted by Gasteiger charge is 2.35. The van der Waals surface area contributed by atoms with Crippen molar-refractivity contribution >= 4 is 21.8 Å². The fraction of sp³-hybridized carbons (Fsp3) is 0.122. The van der Waals surface area contributed by atoms with Gasteiger partial charge in [0, 0.05) is 22.4 Å². The van der Waals surface area contributed by atoms with Crippen LogP contribution in [0.2, 0.25) is 0 Å². The average Bonchev–Trinajstić information content (AvgIpc) is 3.59. The summed E-state index contributed by atoms with van der Waals surface area (Å²) in [7, 11) is 0. The lowest BCUT2D eigenvalue weighted by molar-refractivity contribution is 0.587. The number of fused-ring (bicyclic) bond motifs is 6. The molecule has 6 aromatic carbocycles. The van der Waals surface area contributed by atoms with E-state index in [4.69, 9.17) is 6.85 Å². The topological polar surface area (TPSA) is 4.93 Å². The lowest BCUT2D eigenvalue weighted by atomic mass is 9.75. The van der Waals surface area contributed by atoms with Crippen LogP contribution in [-0.2, 0) is 5.41 Å². The highest BCUT2D eigenvalue weighted by Crippen LogP contribution is 2.52. The number of hydrogen-bond acceptors (Lipinski definition) is 0. The molecule has 202 valence electrons. The van der Waals surface area contributed by atoms with Crippen molar-refractivity contribution in [2.24, 2.45) is 0 Å². The summed E-state index contributed by atoms with van der Waals surface area (Å²) in [5, 5.41) is 1.93. The number of rotatable bonds is 3. The van der Waals surface area contributed by atoms with Crippen LogP contribution in [0.15, 0.2) is 139 Å². The molecule has 8 rings (SSSR count). The van der Waals surface area contributed by atoms with Gasteiger partial charge in [0.2, 0.25) is 0 Å². The van der Waals surface area contributed by atoms with Crippen LogP contribution in [0, 0.1) is 0 Å². The maximum Gasteiger partial charge on any atom is 0.0629 e. The highest BCUT2D eigenvalue weighted by atomic mass is 15.0. The van der Waals surface area contributed by atoms with E-state index in [1.165, 1.54) is 33.4 Å². The third kappa shape index (κ3) is 3.63. The van der Waals surface area contributed by atoms with Crippen LogP contribution < -0.4 is 0 Å². The number of hydrogen-bond donors (Lipinski definition) is 0. The second-order valence-electron chi connectivity index (χ2n) is 12.2. The predicted molar refractivity (Wildman–Crippen MR) is 178 cm³/mol. The largest absolute Gasteiger partial charge is 0.309 e. The Balaban J connectivity index is 1.59. The van der Waals surface area contributed by atoms with Crippen LogP contribution in [0.4, 0.5) is 0 Å². The van der Waals surface area contributed by atoms with Crippen molar-refractivity contribution < 1.29 is 6.85 Å². The minimum atomic E-state index is -0.390. The summed E-state index contributed by atoms with van der Waals surface area (Å²) in [6, 6.07) is 36.5. The van der Waals surface area contributed by atoms with Crippen LogP contribution in [0.25, 0.3) is 49.7 Å². The molecule has 0 bridgehead atoms. The normalized spacial score (nSPS) is 14.7. The number of benzene rings is 6. The third-order valence-corrected chi connectivity index (χ3v) is 8.67. The monoisotopic (exact) mass is 544 g/mol. The van der Waals surface area contributed by atoms with Gasteiger partial charge in [0.05, 0.1) is 17.9 Å². The van der Waals surface area contributed by atoms with Gasteiger partial charge in [-0.2, -0.15) is 0 Å². The van der Waals surface area contributed by atoms with Gasteiger partial charge in [0.15, 0.2) is 0 Å². The minimum absolute atomic E-state index is 0.0177. The lowest BCUT2D eigenvalue weighted by Crippen LogP contribution is -2.17. The molecule has 0 saturated heterocycles. The van der Waals surface area contributed by atoms with E-state index >= 15 is 0 Å². The molecule has 0 amide bonds. The van der Waals surface area contributed by atoms with E-state index in [1.54, 1.807) is 0 Å². The molecule has 0 fully saturated rings. The molecule has 0 radical (unpaired) electrons. The van der Waals surface area contributed by atoms with Crippen LogP contribution in [0.5, 0.6) is 0 Å². The Morgan fingerprint density at radius 1 is 0.548 bits per heavy atom. The predicted octanol–water partition coefficient (Wildman–Crippen LogP) is 10.9. The van der Waals surface area contributed by atoms with E-state index in [0.717, 1.165) is 27.5 Å². The maximum absolute atomic E-state index is 8.96. The zero-order chi connectivity index (χ0) is 32.8. The highest BCUT2D eigenvalue weighted by molar-refractivity contribution is 6.17. The summed E-state index contributed by atoms with van der Waals surface area (Å²) in [6.07, 6.45) is 0. The van der Waals surface area contributed by atoms with Crippen molar-refractivity contribution in [2.45, 2.75) is 32.1 Å². The minimum Gasteiger partial charge on any atom is -0.309 e. The van der Waals surface area contributed by atoms with Crippen LogP contribution in [0.1, 0.15) is 55.8 Å². The Bertz CT molecular complexity index is 2320. The summed E-state index contributed by atoms with van der Waals surface area (Å²) < 4.78 is 45.5. The van der Waals surface area contributed by atoms with E-state index in [0.29, 0.717) is 5.56 Å². The van der Waals surface area contributed by atoms with Crippen LogP contribution in [0.3, 0.4) is 0 Å². The molecule has 0 aliphatic heterocycles. The molecule has 0 atom stereocenters. The van der Waals surface area contributed by atoms with Gasteiger partial charge in [0.25, 0.3) is 0 Å². The fourth-order valence-electron chi connectivity index (χ4n) is 7.15. The molecule has 0 saturated carbocycles. The smallest absolute Gasteiger partial charge is 0.0629 e. The first-order chi connectivity index (χ1) is 22.6. The molecule has 7 aromatic rings. The molecular weight excluding hydrogens is 506 g/mol. The van der Waals surface area contributed by atoms with Crippen molar-refractivity contribution in [1.29, 1.82) is 0 Å². The second kappa shape index (κ2) is 9.33. The van der Waals surface area contributed by atoms with Gasteiger partial charge >= 0.3 is 0 Å². The van der Waals surface area contributed by atoms with E-state index in [2.05, 4.69) is 104 Å². The first-order valence-corrected chi connectivity index (χ1v) is 14.5. The maximum atomic E-state index is 8.96. The lowest BCUT2D eigenvalue weighted by Gasteiger charge is -2.28. The second-order valence-corrected chi connectivity index (χ2v) is 12.2. The van der Waals surface area contributed by atoms with E-state index < -0.39 is 0 Å². The molecule has 1 nitrogen and oxygen atoms in total. The van der Waals surface area contributed by atoms with Gasteiger partial charge in [-0.3, -0.25) is 0 Å². The molecule has 42 heavy (non-hydrogen) atoms. The van der Waals surface area contributed by atoms with Crippen LogP contribution >= 0.6 is 0 Å². The summed E-state index contributed by atoms with van der Waals surface area (Å²) >= 11 is 0. The summed E-state index contributed by atoms with van der Waals surface area (Å²) in [4.78, 5) is 0. The zero-order valence-corrected chi connectivity index (χ0v) is 23.9. The average molecular weight is 545 g/mol. The molecule has 1 heteroatoms. The summed E-state index contributed by atoms with van der Waals surface area (Å²) in [6.45, 7) is 6.74. The molecule has 0 N–H and O–H groups in total. The Labute approximate surface area is 254 Å². The molecule has 1 aliphatic carbocycles. The van der Waals surface area contributed by atoms with Gasteiger partial charge in [-0.25, -0.2) is 0 Å². The van der Waals surface area contributed by atoms with Crippen LogP contribution in [-0.4, -0.2) is 4.57 Å². The summed E-state index contributed by atoms with van der Waals surface area (Å²) in [5.74, 6) is 0.0177. The quantitative estimate of drug-likeness (QED) is 0.208. The van der Waals surface area contributed by atoms with Gasteiger partial charge < -0.3 is 4.57 Å². The molecule has 0 spiro atoms. The molecule has 0 unspecified atom stereocenters. The first kappa shape index (κ1) is 20.1. The van der Waals surface area contributed by atoms with Crippen molar-refractivity contribution in [3.63, 3.8) is 0 Å². The number of para-hydroxylation sites is 1. The van der Waals surface area contributed by atoms with E-state index in [9.17, 15) is 0 Å². The Kier molecular flexibility index (Phi) is 4.46. The van der Waals surface area contributed by atoms with Gasteiger partial charge in [0.1, 0.15) is 0 Å². The molecule has 1 aromatic heterocycles. The van der Waals surface area contributed by atoms with Crippen molar-refractivity contribution in [2.75, 3.05) is 0 Å². The van der Waals surface area contributed by atoms with Gasteiger partial charge in [-0.15, -0.1) is 0 Å². The SMILES string of the molecule is [2H]c1c([2H])c([2H])c(-c2cccc3c2c2c(C(C)(C)C)c(C4c5ccccc5-c5ccccc54)ccc2n3-c2ccccc2)c([2H])c1[2H]. The van der Waals surface area contributed by atoms with Crippen molar-refractivity contribution in [1.82, 2.24) is 4.57 Å². The number of nitrogens with zero attached hydrogens (tertiary/aromatic N) is 1. The zero-order valence-electron chi connectivity index (χ0n) is 28.9. The fourth-order valence-corrected chi connectivity index (χ4v) is 7.15. The van der Waals surface area contributed by atoms with Gasteiger partial charge in [-0.05, 0) is 74.2 Å². The van der Waals surface area contributed by atoms with E-state index in [-0.39, 0.29) is 47.1 Å². The van der Waals surface area contributed by atoms with Gasteiger partial charge in [-0.1, -0.05) is 136 Å². The number of aromatic nitrogens is 1. The van der Waals surface area contributed by atoms with Crippen molar-refractivity contribution in [3.05, 3.63) is 162 Å². The molecule has 1 aliphatic rings. The Morgan fingerprint density at radius 3 is 1.81 bits per heavy atom.